The Morgan fingerprint density at radius 1 is 1.24 bits per heavy atom. The molecule has 1 aliphatic carbocycles. The molecule has 1 N–H and O–H groups in total. The number of hydrogen-bond donors (Lipinski definition) is 1. The number of nitrogens with zero attached hydrogens (tertiary/aromatic N) is 2. The van der Waals surface area contributed by atoms with Gasteiger partial charge < -0.3 is 5.32 Å². The Labute approximate surface area is 150 Å². The molecular formula is C20H29N3O2. The number of imide groups is 1. The maximum absolute atomic E-state index is 12.9. The first-order valence-corrected chi connectivity index (χ1v) is 9.19. The average molecular weight is 343 g/mol. The highest BCUT2D eigenvalue weighted by molar-refractivity contribution is 6.07. The van der Waals surface area contributed by atoms with E-state index in [2.05, 4.69) is 44.3 Å². The second-order valence-corrected chi connectivity index (χ2v) is 8.01. The summed E-state index contributed by atoms with van der Waals surface area (Å²) >= 11 is 0. The quantitative estimate of drug-likeness (QED) is 0.854. The predicted molar refractivity (Wildman–Crippen MR) is 98.0 cm³/mol. The van der Waals surface area contributed by atoms with Crippen LogP contribution < -0.4 is 5.32 Å². The summed E-state index contributed by atoms with van der Waals surface area (Å²) in [4.78, 5) is 28.7. The van der Waals surface area contributed by atoms with Crippen molar-refractivity contribution in [2.45, 2.75) is 58.5 Å². The van der Waals surface area contributed by atoms with Gasteiger partial charge in [-0.1, -0.05) is 30.7 Å². The number of amides is 3. The first-order valence-electron chi connectivity index (χ1n) is 9.19. The molecule has 1 aromatic carbocycles. The monoisotopic (exact) mass is 343 g/mol. The molecule has 1 spiro atoms. The van der Waals surface area contributed by atoms with Gasteiger partial charge >= 0.3 is 6.03 Å². The minimum Gasteiger partial charge on any atom is -0.323 e. The molecule has 0 bridgehead atoms. The summed E-state index contributed by atoms with van der Waals surface area (Å²) in [5, 5.41) is 2.99. The molecule has 2 fully saturated rings. The van der Waals surface area contributed by atoms with Gasteiger partial charge in [0.2, 0.25) is 0 Å². The third-order valence-electron chi connectivity index (χ3n) is 5.69. The van der Waals surface area contributed by atoms with Gasteiger partial charge in [0.15, 0.2) is 0 Å². The normalized spacial score (nSPS) is 26.6. The van der Waals surface area contributed by atoms with Crippen molar-refractivity contribution in [1.29, 1.82) is 0 Å². The van der Waals surface area contributed by atoms with E-state index in [4.69, 9.17) is 0 Å². The Morgan fingerprint density at radius 3 is 2.56 bits per heavy atom. The largest absolute Gasteiger partial charge is 0.326 e. The molecule has 0 atom stereocenters. The lowest BCUT2D eigenvalue weighted by molar-refractivity contribution is -0.134. The minimum atomic E-state index is -0.649. The second kappa shape index (κ2) is 6.79. The lowest BCUT2D eigenvalue weighted by Gasteiger charge is -2.33. The van der Waals surface area contributed by atoms with Crippen molar-refractivity contribution < 1.29 is 9.59 Å². The Bertz CT molecular complexity index is 678. The maximum atomic E-state index is 12.9. The molecule has 5 heteroatoms. The number of aryl methyl sites for hydroxylation is 2. The minimum absolute atomic E-state index is 0.0446. The van der Waals surface area contributed by atoms with Crippen LogP contribution in [0.1, 0.15) is 49.3 Å². The van der Waals surface area contributed by atoms with Crippen molar-refractivity contribution in [3.05, 3.63) is 34.9 Å². The van der Waals surface area contributed by atoms with Crippen molar-refractivity contribution in [1.82, 2.24) is 15.1 Å². The highest BCUT2D eigenvalue weighted by Gasteiger charge is 2.52. The molecule has 1 aliphatic heterocycles. The van der Waals surface area contributed by atoms with Crippen LogP contribution in [0.2, 0.25) is 0 Å². The lowest BCUT2D eigenvalue weighted by Crippen LogP contribution is -2.49. The van der Waals surface area contributed by atoms with Crippen molar-refractivity contribution in [2.75, 3.05) is 13.7 Å². The number of urea groups is 1. The second-order valence-electron chi connectivity index (χ2n) is 8.01. The molecule has 5 nitrogen and oxygen atoms in total. The SMILES string of the molecule is Cc1ccc(CN(C)CN2C(=O)NC3(CCC(C)CC3)C2=O)c(C)c1. The molecule has 0 aromatic heterocycles. The molecule has 3 rings (SSSR count). The van der Waals surface area contributed by atoms with Gasteiger partial charge in [-0.25, -0.2) is 9.69 Å². The molecule has 1 heterocycles. The third-order valence-corrected chi connectivity index (χ3v) is 5.69. The Hall–Kier alpha value is -1.88. The van der Waals surface area contributed by atoms with Crippen molar-refractivity contribution in [3.63, 3.8) is 0 Å². The molecule has 0 unspecified atom stereocenters. The van der Waals surface area contributed by atoms with Crippen molar-refractivity contribution >= 4 is 11.9 Å². The first-order chi connectivity index (χ1) is 11.8. The zero-order valence-electron chi connectivity index (χ0n) is 15.8. The van der Waals surface area contributed by atoms with Crippen LogP contribution in [0, 0.1) is 19.8 Å². The summed E-state index contributed by atoms with van der Waals surface area (Å²) in [5.74, 6) is 0.591. The smallest absolute Gasteiger partial charge is 0.323 e. The van der Waals surface area contributed by atoms with Gasteiger partial charge in [0.1, 0.15) is 5.54 Å². The van der Waals surface area contributed by atoms with E-state index in [-0.39, 0.29) is 11.9 Å². The topological polar surface area (TPSA) is 52.6 Å². The molecular weight excluding hydrogens is 314 g/mol. The number of carbonyl (C=O) groups excluding carboxylic acids is 2. The molecule has 1 aromatic rings. The van der Waals surface area contributed by atoms with E-state index in [0.717, 1.165) is 25.7 Å². The Balaban J connectivity index is 1.66. The Kier molecular flexibility index (Phi) is 4.87. The van der Waals surface area contributed by atoms with Gasteiger partial charge in [-0.3, -0.25) is 9.69 Å². The van der Waals surface area contributed by atoms with E-state index in [1.54, 1.807) is 0 Å². The molecule has 136 valence electrons. The van der Waals surface area contributed by atoms with E-state index >= 15 is 0 Å². The highest BCUT2D eigenvalue weighted by atomic mass is 16.2. The van der Waals surface area contributed by atoms with Crippen LogP contribution in [0.4, 0.5) is 4.79 Å². The standard InChI is InChI=1S/C20H29N3O2/c1-14-7-9-20(10-8-14)18(24)23(19(25)21-20)13-22(4)12-17-6-5-15(2)11-16(17)3/h5-6,11,14H,7-10,12-13H2,1-4H3,(H,21,25). The number of carbonyl (C=O) groups is 2. The summed E-state index contributed by atoms with van der Waals surface area (Å²) < 4.78 is 0. The van der Waals surface area contributed by atoms with Crippen molar-refractivity contribution in [3.8, 4) is 0 Å². The fourth-order valence-corrected chi connectivity index (χ4v) is 4.00. The number of rotatable bonds is 4. The first kappa shape index (κ1) is 17.9. The zero-order chi connectivity index (χ0) is 18.2. The Morgan fingerprint density at radius 2 is 1.92 bits per heavy atom. The number of benzene rings is 1. The molecule has 0 radical (unpaired) electrons. The fourth-order valence-electron chi connectivity index (χ4n) is 4.00. The van der Waals surface area contributed by atoms with Gasteiger partial charge in [0.25, 0.3) is 5.91 Å². The summed E-state index contributed by atoms with van der Waals surface area (Å²) in [5.41, 5.74) is 3.05. The predicted octanol–water partition coefficient (Wildman–Crippen LogP) is 3.19. The van der Waals surface area contributed by atoms with E-state index in [9.17, 15) is 9.59 Å². The molecule has 1 saturated heterocycles. The number of hydrogen-bond acceptors (Lipinski definition) is 3. The summed E-state index contributed by atoms with van der Waals surface area (Å²) in [7, 11) is 1.95. The number of nitrogens with one attached hydrogen (secondary N) is 1. The third kappa shape index (κ3) is 3.56. The van der Waals surface area contributed by atoms with E-state index in [1.807, 2.05) is 11.9 Å². The molecule has 2 aliphatic rings. The van der Waals surface area contributed by atoms with E-state index in [0.29, 0.717) is 19.1 Å². The van der Waals surface area contributed by atoms with Crippen LogP contribution in [0.25, 0.3) is 0 Å². The van der Waals surface area contributed by atoms with Gasteiger partial charge in [0, 0.05) is 6.54 Å². The van der Waals surface area contributed by atoms with Crippen molar-refractivity contribution in [2.24, 2.45) is 5.92 Å². The summed E-state index contributed by atoms with van der Waals surface area (Å²) in [6, 6.07) is 6.14. The highest BCUT2D eigenvalue weighted by Crippen LogP contribution is 2.36. The van der Waals surface area contributed by atoms with E-state index in [1.165, 1.54) is 21.6 Å². The van der Waals surface area contributed by atoms with Gasteiger partial charge in [-0.15, -0.1) is 0 Å². The van der Waals surface area contributed by atoms with Crippen LogP contribution in [-0.2, 0) is 11.3 Å². The molecule has 3 amide bonds. The van der Waals surface area contributed by atoms with Crippen LogP contribution in [0.5, 0.6) is 0 Å². The lowest BCUT2D eigenvalue weighted by atomic mass is 9.77. The van der Waals surface area contributed by atoms with Crippen LogP contribution in [0.15, 0.2) is 18.2 Å². The van der Waals surface area contributed by atoms with Gasteiger partial charge in [-0.2, -0.15) is 0 Å². The van der Waals surface area contributed by atoms with E-state index < -0.39 is 5.54 Å². The van der Waals surface area contributed by atoms with Crippen LogP contribution in [0.3, 0.4) is 0 Å². The maximum Gasteiger partial charge on any atom is 0.326 e. The summed E-state index contributed by atoms with van der Waals surface area (Å²) in [6.45, 7) is 7.44. The summed E-state index contributed by atoms with van der Waals surface area (Å²) in [6.07, 6.45) is 3.52. The molecule has 1 saturated carbocycles. The van der Waals surface area contributed by atoms with Crippen LogP contribution in [-0.4, -0.2) is 41.0 Å². The zero-order valence-corrected chi connectivity index (χ0v) is 15.8. The van der Waals surface area contributed by atoms with Gasteiger partial charge in [0.05, 0.1) is 6.67 Å². The van der Waals surface area contributed by atoms with Gasteiger partial charge in [-0.05, 0) is 63.6 Å². The average Bonchev–Trinajstić information content (AvgIpc) is 2.78. The fraction of sp³-hybridized carbons (Fsp3) is 0.600. The molecule has 25 heavy (non-hydrogen) atoms. The van der Waals surface area contributed by atoms with Crippen LogP contribution >= 0.6 is 0 Å².